The van der Waals surface area contributed by atoms with Gasteiger partial charge in [0.2, 0.25) is 11.9 Å². The van der Waals surface area contributed by atoms with Gasteiger partial charge in [0, 0.05) is 7.05 Å². The highest BCUT2D eigenvalue weighted by Crippen LogP contribution is 2.32. The van der Waals surface area contributed by atoms with E-state index >= 15 is 0 Å². The second kappa shape index (κ2) is 8.33. The lowest BCUT2D eigenvalue weighted by Crippen LogP contribution is -2.36. The van der Waals surface area contributed by atoms with Gasteiger partial charge in [-0.15, -0.1) is 5.10 Å². The molecule has 0 bridgehead atoms. The lowest BCUT2D eigenvalue weighted by molar-refractivity contribution is -0.151. The number of nitrogens with zero attached hydrogens (tertiary/aromatic N) is 4. The number of esters is 1. The average molecular weight is 405 g/mol. The fourth-order valence-electron chi connectivity index (χ4n) is 3.53. The number of carboxylic acid groups (broad SMARTS) is 1. The van der Waals surface area contributed by atoms with E-state index in [4.69, 9.17) is 4.74 Å². The highest BCUT2D eigenvalue weighted by Gasteiger charge is 2.36. The highest BCUT2D eigenvalue weighted by molar-refractivity contribution is 5.96. The molecule has 3 rings (SSSR count). The third-order valence-electron chi connectivity index (χ3n) is 4.99. The predicted octanol–water partition coefficient (Wildman–Crippen LogP) is 1.63. The molecular weight excluding hydrogens is 385 g/mol. The first-order chi connectivity index (χ1) is 13.8. The summed E-state index contributed by atoms with van der Waals surface area (Å²) in [5.41, 5.74) is -0.531. The van der Waals surface area contributed by atoms with Crippen molar-refractivity contribution in [3.63, 3.8) is 0 Å². The molecule has 10 nitrogen and oxygen atoms in total. The van der Waals surface area contributed by atoms with Gasteiger partial charge in [0.1, 0.15) is 5.69 Å². The Morgan fingerprint density at radius 1 is 1.24 bits per heavy atom. The molecule has 0 aliphatic heterocycles. The quantitative estimate of drug-likeness (QED) is 0.566. The van der Waals surface area contributed by atoms with Crippen LogP contribution in [0.25, 0.3) is 11.4 Å². The van der Waals surface area contributed by atoms with Crippen LogP contribution in [0.5, 0.6) is 0 Å². The van der Waals surface area contributed by atoms with Gasteiger partial charge >= 0.3 is 11.9 Å². The molecule has 29 heavy (non-hydrogen) atoms. The van der Waals surface area contributed by atoms with E-state index in [0.29, 0.717) is 12.8 Å². The first-order valence-electron chi connectivity index (χ1n) is 9.02. The van der Waals surface area contributed by atoms with E-state index in [-0.39, 0.29) is 22.8 Å². The molecule has 2 aromatic rings. The minimum Gasteiger partial charge on any atom is -0.476 e. The van der Waals surface area contributed by atoms with Gasteiger partial charge in [-0.1, -0.05) is 18.1 Å². The number of halogens is 1. The molecule has 2 aromatic heterocycles. The van der Waals surface area contributed by atoms with Gasteiger partial charge in [-0.3, -0.25) is 9.59 Å². The van der Waals surface area contributed by atoms with Crippen molar-refractivity contribution in [1.29, 1.82) is 0 Å². The molecule has 0 saturated heterocycles. The molecule has 0 aromatic carbocycles. The van der Waals surface area contributed by atoms with E-state index in [1.165, 1.54) is 26.3 Å². The molecule has 1 amide bonds. The first kappa shape index (κ1) is 20.4. The predicted molar refractivity (Wildman–Crippen MR) is 97.2 cm³/mol. The van der Waals surface area contributed by atoms with Gasteiger partial charge in [-0.05, 0) is 25.0 Å². The Labute approximate surface area is 165 Å². The van der Waals surface area contributed by atoms with Crippen LogP contribution < -0.4 is 5.32 Å². The summed E-state index contributed by atoms with van der Waals surface area (Å²) in [7, 11) is 2.67. The SMILES string of the molecule is COC(=O)[C@H]1CCCC[C@@H]1C(=O)Nc1ccc(-c2nnn(C)c2C(=O)O)nc1F. The maximum Gasteiger partial charge on any atom is 0.356 e. The zero-order chi connectivity index (χ0) is 21.1. The molecule has 1 aliphatic carbocycles. The third-order valence-corrected chi connectivity index (χ3v) is 4.99. The standard InChI is InChI=1S/C18H20FN5O5/c1-24-14(17(26)27)13(22-23-24)11-7-8-12(15(19)20-11)21-16(25)9-5-3-4-6-10(9)18(28)29-2/h7-10H,3-6H2,1-2H3,(H,21,25)(H,26,27)/t9-,10-/m0/s1. The Morgan fingerprint density at radius 3 is 2.55 bits per heavy atom. The normalized spacial score (nSPS) is 18.9. The summed E-state index contributed by atoms with van der Waals surface area (Å²) >= 11 is 0. The molecule has 11 heteroatoms. The molecule has 1 aliphatic rings. The van der Waals surface area contributed by atoms with Crippen LogP contribution in [-0.4, -0.2) is 50.0 Å². The van der Waals surface area contributed by atoms with Crippen LogP contribution in [0.15, 0.2) is 12.1 Å². The summed E-state index contributed by atoms with van der Waals surface area (Å²) in [5.74, 6) is -4.40. The summed E-state index contributed by atoms with van der Waals surface area (Å²) in [6.07, 6.45) is 2.64. The van der Waals surface area contributed by atoms with Crippen LogP contribution in [0, 0.1) is 17.8 Å². The van der Waals surface area contributed by atoms with Crippen LogP contribution >= 0.6 is 0 Å². The number of methoxy groups -OCH3 is 1. The minimum absolute atomic E-state index is 0.0314. The van der Waals surface area contributed by atoms with Gasteiger partial charge in [0.25, 0.3) is 0 Å². The fourth-order valence-corrected chi connectivity index (χ4v) is 3.53. The maximum atomic E-state index is 14.5. The third kappa shape index (κ3) is 4.08. The number of aryl methyl sites for hydroxylation is 1. The summed E-state index contributed by atoms with van der Waals surface area (Å²) in [6.45, 7) is 0. The number of hydrogen-bond donors (Lipinski definition) is 2. The number of nitrogens with one attached hydrogen (secondary N) is 1. The van der Waals surface area contributed by atoms with Crippen LogP contribution in [0.3, 0.4) is 0 Å². The number of rotatable bonds is 5. The zero-order valence-electron chi connectivity index (χ0n) is 15.9. The van der Waals surface area contributed by atoms with E-state index in [1.807, 2.05) is 0 Å². The van der Waals surface area contributed by atoms with Gasteiger partial charge in [-0.2, -0.15) is 4.39 Å². The molecular formula is C18H20FN5O5. The smallest absolute Gasteiger partial charge is 0.356 e. The molecule has 1 fully saturated rings. The van der Waals surface area contributed by atoms with Crippen LogP contribution in [0.2, 0.25) is 0 Å². The van der Waals surface area contributed by atoms with Gasteiger partial charge in [-0.25, -0.2) is 14.5 Å². The zero-order valence-corrected chi connectivity index (χ0v) is 15.9. The number of pyridine rings is 1. The van der Waals surface area contributed by atoms with Gasteiger partial charge in [0.05, 0.1) is 30.3 Å². The highest BCUT2D eigenvalue weighted by atomic mass is 19.1. The van der Waals surface area contributed by atoms with E-state index in [1.54, 1.807) is 0 Å². The van der Waals surface area contributed by atoms with E-state index in [9.17, 15) is 23.9 Å². The minimum atomic E-state index is -1.28. The van der Waals surface area contributed by atoms with Gasteiger partial charge < -0.3 is 15.2 Å². The largest absolute Gasteiger partial charge is 0.476 e. The number of hydrogen-bond acceptors (Lipinski definition) is 7. The number of ether oxygens (including phenoxy) is 1. The van der Waals surface area contributed by atoms with Crippen LogP contribution in [-0.2, 0) is 21.4 Å². The first-order valence-corrected chi connectivity index (χ1v) is 9.02. The van der Waals surface area contributed by atoms with E-state index < -0.39 is 35.6 Å². The molecule has 2 heterocycles. The molecule has 0 unspecified atom stereocenters. The van der Waals surface area contributed by atoms with E-state index in [0.717, 1.165) is 17.5 Å². The molecule has 1 saturated carbocycles. The summed E-state index contributed by atoms with van der Waals surface area (Å²) in [6, 6.07) is 2.61. The number of aromatic nitrogens is 4. The number of anilines is 1. The van der Waals surface area contributed by atoms with Crippen molar-refractivity contribution >= 4 is 23.5 Å². The molecule has 0 spiro atoms. The van der Waals surface area contributed by atoms with Crippen molar-refractivity contribution in [1.82, 2.24) is 20.0 Å². The Hall–Kier alpha value is -3.37. The Bertz CT molecular complexity index is 960. The summed E-state index contributed by atoms with van der Waals surface area (Å²) < 4.78 is 20.3. The number of amides is 1. The Morgan fingerprint density at radius 2 is 1.93 bits per heavy atom. The summed E-state index contributed by atoms with van der Waals surface area (Å²) in [5, 5.41) is 19.1. The van der Waals surface area contributed by atoms with Crippen molar-refractivity contribution in [3.05, 3.63) is 23.8 Å². The topological polar surface area (TPSA) is 136 Å². The van der Waals surface area contributed by atoms with Crippen molar-refractivity contribution in [2.24, 2.45) is 18.9 Å². The van der Waals surface area contributed by atoms with Crippen LogP contribution in [0.1, 0.15) is 36.2 Å². The fraction of sp³-hybridized carbons (Fsp3) is 0.444. The van der Waals surface area contributed by atoms with Crippen molar-refractivity contribution < 1.29 is 28.6 Å². The summed E-state index contributed by atoms with van der Waals surface area (Å²) in [4.78, 5) is 39.6. The second-order valence-corrected chi connectivity index (χ2v) is 6.76. The lowest BCUT2D eigenvalue weighted by atomic mass is 9.78. The van der Waals surface area contributed by atoms with Crippen molar-refractivity contribution in [2.75, 3.05) is 12.4 Å². The molecule has 2 atom stereocenters. The average Bonchev–Trinajstić information content (AvgIpc) is 3.10. The maximum absolute atomic E-state index is 14.5. The molecule has 0 radical (unpaired) electrons. The number of carbonyl (C=O) groups is 3. The Balaban J connectivity index is 1.81. The monoisotopic (exact) mass is 405 g/mol. The Kier molecular flexibility index (Phi) is 5.85. The molecule has 154 valence electrons. The number of carbonyl (C=O) groups excluding carboxylic acids is 2. The molecule has 2 N–H and O–H groups in total. The van der Waals surface area contributed by atoms with Crippen LogP contribution in [0.4, 0.5) is 10.1 Å². The van der Waals surface area contributed by atoms with Crippen molar-refractivity contribution in [3.8, 4) is 11.4 Å². The van der Waals surface area contributed by atoms with Gasteiger partial charge in [0.15, 0.2) is 5.69 Å². The van der Waals surface area contributed by atoms with Crippen molar-refractivity contribution in [2.45, 2.75) is 25.7 Å². The van der Waals surface area contributed by atoms with E-state index in [2.05, 4.69) is 20.6 Å². The number of carboxylic acids is 1. The second-order valence-electron chi connectivity index (χ2n) is 6.76. The number of aromatic carboxylic acids is 1. The lowest BCUT2D eigenvalue weighted by Gasteiger charge is -2.28.